The molecule has 0 spiro atoms. The Morgan fingerprint density at radius 2 is 1.80 bits per heavy atom. The first-order valence-electron chi connectivity index (χ1n) is 9.84. The zero-order valence-corrected chi connectivity index (χ0v) is 17.5. The highest BCUT2D eigenvalue weighted by Crippen LogP contribution is 2.31. The van der Waals surface area contributed by atoms with Gasteiger partial charge in [0.05, 0.1) is 23.9 Å². The highest BCUT2D eigenvalue weighted by Gasteiger charge is 2.15. The molecule has 2 heterocycles. The first kappa shape index (κ1) is 20.1. The normalized spacial score (nSPS) is 12.8. The average molecular weight is 423 g/mol. The molecule has 154 valence electrons. The number of ketones is 1. The number of carbonyl (C=O) groups is 2. The molecule has 0 aliphatic carbocycles. The van der Waals surface area contributed by atoms with E-state index in [4.69, 9.17) is 9.47 Å². The predicted molar refractivity (Wildman–Crippen MR) is 117 cm³/mol. The van der Waals surface area contributed by atoms with Crippen molar-refractivity contribution in [2.75, 3.05) is 18.5 Å². The summed E-state index contributed by atoms with van der Waals surface area (Å²) in [6.45, 7) is 3.13. The van der Waals surface area contributed by atoms with E-state index in [1.165, 1.54) is 0 Å². The van der Waals surface area contributed by atoms with Crippen LogP contribution in [-0.4, -0.2) is 29.9 Å². The van der Waals surface area contributed by atoms with E-state index in [1.807, 2.05) is 36.6 Å². The number of ether oxygens (including phenoxy) is 2. The van der Waals surface area contributed by atoms with Crippen molar-refractivity contribution in [3.63, 3.8) is 0 Å². The third-order valence-electron chi connectivity index (χ3n) is 4.73. The van der Waals surface area contributed by atoms with Gasteiger partial charge >= 0.3 is 0 Å². The lowest BCUT2D eigenvalue weighted by molar-refractivity contribution is -0.116. The Labute approximate surface area is 178 Å². The maximum absolute atomic E-state index is 12.5. The highest BCUT2D eigenvalue weighted by molar-refractivity contribution is 7.09. The molecule has 1 N–H and O–H groups in total. The van der Waals surface area contributed by atoms with Crippen molar-refractivity contribution in [3.8, 4) is 22.8 Å². The number of benzene rings is 2. The Morgan fingerprint density at radius 3 is 2.53 bits per heavy atom. The number of nitrogens with one attached hydrogen (secondary N) is 1. The van der Waals surface area contributed by atoms with Gasteiger partial charge < -0.3 is 14.8 Å². The smallest absolute Gasteiger partial charge is 0.224 e. The molecule has 7 heteroatoms. The monoisotopic (exact) mass is 422 g/mol. The van der Waals surface area contributed by atoms with Crippen LogP contribution in [0.1, 0.15) is 34.6 Å². The maximum Gasteiger partial charge on any atom is 0.224 e. The fraction of sp³-hybridized carbons (Fsp3) is 0.261. The first-order valence-corrected chi connectivity index (χ1v) is 10.7. The van der Waals surface area contributed by atoms with Crippen molar-refractivity contribution in [2.45, 2.75) is 26.2 Å². The third-order valence-corrected chi connectivity index (χ3v) is 5.51. The zero-order valence-electron chi connectivity index (χ0n) is 16.6. The summed E-state index contributed by atoms with van der Waals surface area (Å²) in [5.74, 6) is 0.932. The number of hydrogen-bond donors (Lipinski definition) is 1. The highest BCUT2D eigenvalue weighted by atomic mass is 32.1. The van der Waals surface area contributed by atoms with Gasteiger partial charge in [0.2, 0.25) is 5.91 Å². The zero-order chi connectivity index (χ0) is 20.9. The Morgan fingerprint density at radius 1 is 1.03 bits per heavy atom. The number of nitrogens with zero attached hydrogens (tertiary/aromatic N) is 1. The molecule has 2 aromatic carbocycles. The van der Waals surface area contributed by atoms with E-state index in [1.54, 1.807) is 29.5 Å². The molecule has 0 saturated carbocycles. The molecule has 6 nitrogen and oxygen atoms in total. The number of Topliss-reactive ketones (excluding diaryl/α,β-unsaturated/α-hetero) is 1. The van der Waals surface area contributed by atoms with Crippen LogP contribution >= 0.6 is 11.3 Å². The second-order valence-corrected chi connectivity index (χ2v) is 8.07. The molecule has 0 fully saturated rings. The summed E-state index contributed by atoms with van der Waals surface area (Å²) < 4.78 is 11.2. The lowest BCUT2D eigenvalue weighted by atomic mass is 10.1. The minimum atomic E-state index is -0.199. The van der Waals surface area contributed by atoms with E-state index < -0.39 is 0 Å². The summed E-state index contributed by atoms with van der Waals surface area (Å²) in [4.78, 5) is 29.2. The van der Waals surface area contributed by atoms with Crippen LogP contribution < -0.4 is 14.8 Å². The summed E-state index contributed by atoms with van der Waals surface area (Å²) in [5.41, 5.74) is 3.15. The number of carbonyl (C=O) groups excluding carboxylic acids is 2. The molecule has 4 rings (SSSR count). The lowest BCUT2D eigenvalue weighted by Crippen LogP contribution is -2.13. The van der Waals surface area contributed by atoms with Crippen LogP contribution in [-0.2, 0) is 4.79 Å². The second-order valence-electron chi connectivity index (χ2n) is 7.01. The Balaban J connectivity index is 1.31. The molecule has 1 aliphatic heterocycles. The van der Waals surface area contributed by atoms with Gasteiger partial charge in [-0.15, -0.1) is 11.3 Å². The fourth-order valence-electron chi connectivity index (χ4n) is 3.15. The minimum Gasteiger partial charge on any atom is -0.490 e. The van der Waals surface area contributed by atoms with E-state index in [0.717, 1.165) is 22.7 Å². The summed E-state index contributed by atoms with van der Waals surface area (Å²) in [5, 5.41) is 5.86. The third kappa shape index (κ3) is 4.86. The molecule has 0 saturated heterocycles. The van der Waals surface area contributed by atoms with Gasteiger partial charge in [-0.05, 0) is 37.3 Å². The molecular weight excluding hydrogens is 400 g/mol. The van der Waals surface area contributed by atoms with Crippen molar-refractivity contribution in [1.29, 1.82) is 0 Å². The Hall–Kier alpha value is -3.19. The van der Waals surface area contributed by atoms with Crippen LogP contribution in [0, 0.1) is 6.92 Å². The Kier molecular flexibility index (Phi) is 6.09. The van der Waals surface area contributed by atoms with Crippen molar-refractivity contribution in [3.05, 3.63) is 58.4 Å². The van der Waals surface area contributed by atoms with Crippen LogP contribution in [0.5, 0.6) is 11.5 Å². The first-order chi connectivity index (χ1) is 14.6. The van der Waals surface area contributed by atoms with Crippen LogP contribution in [0.25, 0.3) is 11.3 Å². The van der Waals surface area contributed by atoms with Crippen molar-refractivity contribution < 1.29 is 19.1 Å². The second kappa shape index (κ2) is 9.09. The molecule has 0 unspecified atom stereocenters. The molecule has 1 aliphatic rings. The quantitative estimate of drug-likeness (QED) is 0.573. The van der Waals surface area contributed by atoms with E-state index in [2.05, 4.69) is 10.3 Å². The largest absolute Gasteiger partial charge is 0.490 e. The lowest BCUT2D eigenvalue weighted by Gasteiger charge is -2.09. The summed E-state index contributed by atoms with van der Waals surface area (Å²) in [7, 11) is 0. The molecule has 30 heavy (non-hydrogen) atoms. The Bertz CT molecular complexity index is 1060. The van der Waals surface area contributed by atoms with Gasteiger partial charge in [-0.25, -0.2) is 4.98 Å². The number of anilines is 1. The summed E-state index contributed by atoms with van der Waals surface area (Å²) >= 11 is 1.60. The SMILES string of the molecule is Cc1nc(-c2ccc(NC(=O)CCC(=O)c3ccc4c(c3)OCCCO4)cc2)cs1. The van der Waals surface area contributed by atoms with E-state index >= 15 is 0 Å². The summed E-state index contributed by atoms with van der Waals surface area (Å²) in [6, 6.07) is 12.7. The van der Waals surface area contributed by atoms with Crippen molar-refractivity contribution in [2.24, 2.45) is 0 Å². The molecular formula is C23H22N2O4S. The van der Waals surface area contributed by atoms with Gasteiger partial charge in [-0.2, -0.15) is 0 Å². The fourth-order valence-corrected chi connectivity index (χ4v) is 3.77. The minimum absolute atomic E-state index is 0.102. The number of fused-ring (bicyclic) bond motifs is 1. The number of rotatable bonds is 6. The number of thiazole rings is 1. The molecule has 1 amide bonds. The van der Waals surface area contributed by atoms with Crippen LogP contribution in [0.2, 0.25) is 0 Å². The molecule has 0 atom stereocenters. The topological polar surface area (TPSA) is 77.5 Å². The van der Waals surface area contributed by atoms with Gasteiger partial charge in [-0.1, -0.05) is 12.1 Å². The number of aryl methyl sites for hydroxylation is 1. The van der Waals surface area contributed by atoms with E-state index in [9.17, 15) is 9.59 Å². The van der Waals surface area contributed by atoms with Crippen molar-refractivity contribution >= 4 is 28.7 Å². The van der Waals surface area contributed by atoms with E-state index in [-0.39, 0.29) is 24.5 Å². The number of aromatic nitrogens is 1. The van der Waals surface area contributed by atoms with Gasteiger partial charge in [-0.3, -0.25) is 9.59 Å². The molecule has 1 aromatic heterocycles. The van der Waals surface area contributed by atoms with Crippen LogP contribution in [0.3, 0.4) is 0 Å². The average Bonchev–Trinajstić information content (AvgIpc) is 3.05. The summed E-state index contributed by atoms with van der Waals surface area (Å²) in [6.07, 6.45) is 1.05. The predicted octanol–water partition coefficient (Wildman–Crippen LogP) is 4.88. The van der Waals surface area contributed by atoms with Gasteiger partial charge in [0, 0.05) is 41.5 Å². The molecule has 3 aromatic rings. The number of hydrogen-bond acceptors (Lipinski definition) is 6. The standard InChI is InChI=1S/C23H22N2O4S/c1-15-24-19(14-30-15)16-3-6-18(7-4-16)25-23(27)10-8-20(26)17-5-9-21-22(13-17)29-12-2-11-28-21/h3-7,9,13-14H,2,8,10-12H2,1H3,(H,25,27). The van der Waals surface area contributed by atoms with Crippen LogP contribution in [0.15, 0.2) is 47.8 Å². The van der Waals surface area contributed by atoms with Gasteiger partial charge in [0.15, 0.2) is 17.3 Å². The van der Waals surface area contributed by atoms with Gasteiger partial charge in [0.25, 0.3) is 0 Å². The molecule has 0 radical (unpaired) electrons. The van der Waals surface area contributed by atoms with Crippen LogP contribution in [0.4, 0.5) is 5.69 Å². The van der Waals surface area contributed by atoms with E-state index in [0.29, 0.717) is 36.0 Å². The number of amides is 1. The molecule has 0 bridgehead atoms. The van der Waals surface area contributed by atoms with Gasteiger partial charge in [0.1, 0.15) is 0 Å². The maximum atomic E-state index is 12.5. The van der Waals surface area contributed by atoms with Crippen molar-refractivity contribution in [1.82, 2.24) is 4.98 Å².